The van der Waals surface area contributed by atoms with Gasteiger partial charge in [0.05, 0.1) is 16.4 Å². The smallest absolute Gasteiger partial charge is 0.244 e. The van der Waals surface area contributed by atoms with E-state index in [1.54, 1.807) is 12.1 Å². The van der Waals surface area contributed by atoms with Gasteiger partial charge in [0.25, 0.3) is 0 Å². The van der Waals surface area contributed by atoms with Crippen molar-refractivity contribution >= 4 is 38.6 Å². The van der Waals surface area contributed by atoms with Crippen LogP contribution in [0.4, 0.5) is 5.69 Å². The molecule has 0 saturated heterocycles. The van der Waals surface area contributed by atoms with Crippen LogP contribution in [0.15, 0.2) is 51.7 Å². The van der Waals surface area contributed by atoms with E-state index in [2.05, 4.69) is 19.9 Å². The monoisotopic (exact) mass is 435 g/mol. The minimum absolute atomic E-state index is 0.0934. The van der Waals surface area contributed by atoms with Crippen LogP contribution in [0.1, 0.15) is 11.1 Å². The lowest BCUT2D eigenvalue weighted by Gasteiger charge is -2.14. The van der Waals surface area contributed by atoms with E-state index < -0.39 is 10.0 Å². The summed E-state index contributed by atoms with van der Waals surface area (Å²) < 4.78 is 28.2. The number of aryl methyl sites for hydroxylation is 1. The Kier molecular flexibility index (Phi) is 5.82. The fraction of sp³-hybridized carbons (Fsp3) is 0.250. The highest BCUT2D eigenvalue weighted by Crippen LogP contribution is 2.30. The zero-order chi connectivity index (χ0) is 20.6. The Labute approximate surface area is 174 Å². The fourth-order valence-electron chi connectivity index (χ4n) is 2.75. The van der Waals surface area contributed by atoms with Crippen LogP contribution in [0, 0.1) is 13.8 Å². The summed E-state index contributed by atoms with van der Waals surface area (Å²) >= 11 is 7.68. The second kappa shape index (κ2) is 7.83. The first-order chi connectivity index (χ1) is 13.1. The molecule has 0 aliphatic rings. The van der Waals surface area contributed by atoms with Crippen LogP contribution in [0.25, 0.3) is 11.3 Å². The molecule has 0 radical (unpaired) electrons. The Hall–Kier alpha value is -1.93. The number of sulfonamides is 1. The van der Waals surface area contributed by atoms with Crippen molar-refractivity contribution in [3.8, 4) is 11.3 Å². The molecule has 3 rings (SSSR count). The van der Waals surface area contributed by atoms with Crippen LogP contribution in [-0.2, 0) is 17.1 Å². The first-order valence-corrected chi connectivity index (χ1v) is 11.3. The summed E-state index contributed by atoms with van der Waals surface area (Å²) in [6, 6.07) is 11.1. The van der Waals surface area contributed by atoms with Gasteiger partial charge in [-0.2, -0.15) is 0 Å². The number of aromatic nitrogens is 1. The van der Waals surface area contributed by atoms with Gasteiger partial charge in [0.2, 0.25) is 10.0 Å². The lowest BCUT2D eigenvalue weighted by Crippen LogP contribution is -2.22. The standard InChI is InChI=1S/C20H22ClN3O2S2/c1-13-7-6-8-17(14(13)2)22-20-24(5)18(12-27-20)15-9-10-16(21)19(11-15)28(25,26)23(3)4/h6-12H,1-5H3/b22-20+. The summed E-state index contributed by atoms with van der Waals surface area (Å²) in [5.41, 5.74) is 4.91. The Morgan fingerprint density at radius 3 is 2.54 bits per heavy atom. The third kappa shape index (κ3) is 3.80. The van der Waals surface area contributed by atoms with Crippen molar-refractivity contribution in [1.29, 1.82) is 0 Å². The normalized spacial score (nSPS) is 12.8. The molecule has 0 amide bonds. The topological polar surface area (TPSA) is 54.7 Å². The zero-order valence-electron chi connectivity index (χ0n) is 16.4. The molecule has 0 aliphatic carbocycles. The van der Waals surface area contributed by atoms with Gasteiger partial charge in [-0.05, 0) is 43.2 Å². The molecule has 0 N–H and O–H groups in total. The highest BCUT2D eigenvalue weighted by Gasteiger charge is 2.22. The molecule has 8 heteroatoms. The summed E-state index contributed by atoms with van der Waals surface area (Å²) in [4.78, 5) is 5.72. The summed E-state index contributed by atoms with van der Waals surface area (Å²) in [5.74, 6) is 0. The molecule has 0 spiro atoms. The number of hydrogen-bond donors (Lipinski definition) is 0. The van der Waals surface area contributed by atoms with Crippen molar-refractivity contribution in [3.05, 3.63) is 62.7 Å². The van der Waals surface area contributed by atoms with Crippen LogP contribution in [0.2, 0.25) is 5.02 Å². The summed E-state index contributed by atoms with van der Waals surface area (Å²) in [7, 11) is 1.27. The first-order valence-electron chi connectivity index (χ1n) is 8.61. The van der Waals surface area contributed by atoms with E-state index in [0.717, 1.165) is 31.6 Å². The zero-order valence-corrected chi connectivity index (χ0v) is 18.8. The quantitative estimate of drug-likeness (QED) is 0.605. The number of rotatable bonds is 4. The predicted octanol–water partition coefficient (Wildman–Crippen LogP) is 4.51. The SMILES string of the molecule is Cc1cccc(/N=c2/scc(-c3ccc(Cl)c(S(=O)(=O)N(C)C)c3)n2C)c1C. The lowest BCUT2D eigenvalue weighted by molar-refractivity contribution is 0.521. The third-order valence-corrected chi connectivity index (χ3v) is 7.92. The maximum atomic E-state index is 12.6. The number of thiazole rings is 1. The second-order valence-corrected chi connectivity index (χ2v) is 10.1. The van der Waals surface area contributed by atoms with Gasteiger partial charge in [-0.25, -0.2) is 17.7 Å². The van der Waals surface area contributed by atoms with E-state index in [9.17, 15) is 8.42 Å². The molecule has 0 saturated carbocycles. The molecule has 28 heavy (non-hydrogen) atoms. The van der Waals surface area contributed by atoms with Gasteiger partial charge >= 0.3 is 0 Å². The lowest BCUT2D eigenvalue weighted by atomic mass is 10.1. The maximum Gasteiger partial charge on any atom is 0.244 e. The molecule has 0 bridgehead atoms. The van der Waals surface area contributed by atoms with Gasteiger partial charge in [0, 0.05) is 32.1 Å². The molecule has 1 heterocycles. The summed E-state index contributed by atoms with van der Waals surface area (Å²) in [6.07, 6.45) is 0. The molecule has 148 valence electrons. The van der Waals surface area contributed by atoms with Crippen LogP contribution < -0.4 is 4.80 Å². The van der Waals surface area contributed by atoms with Gasteiger partial charge in [0.15, 0.2) is 4.80 Å². The Bertz CT molecular complexity index is 1210. The van der Waals surface area contributed by atoms with Crippen LogP contribution in [0.3, 0.4) is 0 Å². The van der Waals surface area contributed by atoms with E-state index in [0.29, 0.717) is 0 Å². The Balaban J connectivity index is 2.13. The largest absolute Gasteiger partial charge is 0.320 e. The second-order valence-electron chi connectivity index (χ2n) is 6.73. The van der Waals surface area contributed by atoms with E-state index in [1.807, 2.05) is 35.2 Å². The van der Waals surface area contributed by atoms with Gasteiger partial charge in [0.1, 0.15) is 4.90 Å². The minimum atomic E-state index is -3.63. The molecule has 3 aromatic rings. The Morgan fingerprint density at radius 1 is 1.14 bits per heavy atom. The number of benzene rings is 2. The van der Waals surface area contributed by atoms with Crippen molar-refractivity contribution in [3.63, 3.8) is 0 Å². The molecule has 0 atom stereocenters. The third-order valence-electron chi connectivity index (χ3n) is 4.70. The predicted molar refractivity (Wildman–Crippen MR) is 116 cm³/mol. The number of nitrogens with zero attached hydrogens (tertiary/aromatic N) is 3. The molecule has 0 fully saturated rings. The molecule has 1 aromatic heterocycles. The van der Waals surface area contributed by atoms with E-state index in [1.165, 1.54) is 31.0 Å². The molecule has 0 unspecified atom stereocenters. The minimum Gasteiger partial charge on any atom is -0.320 e. The number of hydrogen-bond acceptors (Lipinski definition) is 4. The van der Waals surface area contributed by atoms with Crippen molar-refractivity contribution in [2.75, 3.05) is 14.1 Å². The van der Waals surface area contributed by atoms with Crippen LogP contribution in [0.5, 0.6) is 0 Å². The highest BCUT2D eigenvalue weighted by atomic mass is 35.5. The van der Waals surface area contributed by atoms with E-state index >= 15 is 0 Å². The summed E-state index contributed by atoms with van der Waals surface area (Å²) in [6.45, 7) is 4.12. The molecule has 5 nitrogen and oxygen atoms in total. The number of halogens is 1. The van der Waals surface area contributed by atoms with Crippen LogP contribution >= 0.6 is 22.9 Å². The van der Waals surface area contributed by atoms with E-state index in [-0.39, 0.29) is 9.92 Å². The van der Waals surface area contributed by atoms with Gasteiger partial charge < -0.3 is 4.57 Å². The first kappa shape index (κ1) is 20.8. The van der Waals surface area contributed by atoms with Crippen molar-refractivity contribution in [2.45, 2.75) is 18.7 Å². The van der Waals surface area contributed by atoms with Crippen molar-refractivity contribution < 1.29 is 8.42 Å². The summed E-state index contributed by atoms with van der Waals surface area (Å²) in [5, 5.41) is 2.18. The van der Waals surface area contributed by atoms with Gasteiger partial charge in [-0.3, -0.25) is 0 Å². The van der Waals surface area contributed by atoms with Crippen molar-refractivity contribution in [2.24, 2.45) is 12.0 Å². The molecular formula is C20H22ClN3O2S2. The van der Waals surface area contributed by atoms with E-state index in [4.69, 9.17) is 16.6 Å². The highest BCUT2D eigenvalue weighted by molar-refractivity contribution is 7.89. The van der Waals surface area contributed by atoms with Gasteiger partial charge in [-0.1, -0.05) is 29.8 Å². The van der Waals surface area contributed by atoms with Gasteiger partial charge in [-0.15, -0.1) is 11.3 Å². The average molecular weight is 436 g/mol. The Morgan fingerprint density at radius 2 is 1.86 bits per heavy atom. The average Bonchev–Trinajstić information content (AvgIpc) is 3.00. The molecular weight excluding hydrogens is 414 g/mol. The maximum absolute atomic E-state index is 12.6. The van der Waals surface area contributed by atoms with Crippen LogP contribution in [-0.4, -0.2) is 31.4 Å². The van der Waals surface area contributed by atoms with Crippen molar-refractivity contribution in [1.82, 2.24) is 8.87 Å². The molecule has 0 aliphatic heterocycles. The molecule has 2 aromatic carbocycles. The fourth-order valence-corrected chi connectivity index (χ4v) is 5.06.